The molecule has 7 nitrogen and oxygen atoms in total. The molecule has 1 aromatic heterocycles. The van der Waals surface area contributed by atoms with Gasteiger partial charge < -0.3 is 9.64 Å². The Morgan fingerprint density at radius 1 is 1.22 bits per heavy atom. The van der Waals surface area contributed by atoms with Crippen LogP contribution in [0.25, 0.3) is 0 Å². The van der Waals surface area contributed by atoms with Crippen molar-refractivity contribution in [3.8, 4) is 5.75 Å². The minimum Gasteiger partial charge on any atom is -0.496 e. The van der Waals surface area contributed by atoms with Gasteiger partial charge in [0.25, 0.3) is 0 Å². The van der Waals surface area contributed by atoms with Crippen molar-refractivity contribution >= 4 is 15.9 Å². The standard InChI is InChI=1S/C19H25N3O4S/c1-14-12-19(15(2)11-18(14)26-4)27(24,25)21-9-10-22(16(3)23)13-17-7-5-6-8-20-17/h5-8,11-12,21H,9-10,13H2,1-4H3. The second-order valence-electron chi connectivity index (χ2n) is 6.25. The van der Waals surface area contributed by atoms with Crippen molar-refractivity contribution in [3.63, 3.8) is 0 Å². The number of hydrogen-bond acceptors (Lipinski definition) is 5. The first-order valence-electron chi connectivity index (χ1n) is 8.55. The highest BCUT2D eigenvalue weighted by Gasteiger charge is 2.19. The Morgan fingerprint density at radius 2 is 1.96 bits per heavy atom. The van der Waals surface area contributed by atoms with E-state index in [1.165, 1.54) is 6.92 Å². The van der Waals surface area contributed by atoms with Crippen molar-refractivity contribution in [1.29, 1.82) is 0 Å². The normalized spacial score (nSPS) is 11.3. The average molecular weight is 391 g/mol. The summed E-state index contributed by atoms with van der Waals surface area (Å²) < 4.78 is 33.1. The van der Waals surface area contributed by atoms with E-state index in [1.807, 2.05) is 12.1 Å². The topological polar surface area (TPSA) is 88.6 Å². The molecule has 0 aliphatic rings. The van der Waals surface area contributed by atoms with Gasteiger partial charge in [0.05, 0.1) is 24.2 Å². The van der Waals surface area contributed by atoms with Gasteiger partial charge in [0, 0.05) is 26.2 Å². The molecule has 0 aliphatic carbocycles. The van der Waals surface area contributed by atoms with Crippen LogP contribution in [0.5, 0.6) is 5.75 Å². The number of nitrogens with zero attached hydrogens (tertiary/aromatic N) is 2. The number of amides is 1. The van der Waals surface area contributed by atoms with E-state index >= 15 is 0 Å². The van der Waals surface area contributed by atoms with Crippen LogP contribution in [-0.4, -0.2) is 44.4 Å². The van der Waals surface area contributed by atoms with E-state index in [0.29, 0.717) is 17.9 Å². The Kier molecular flexibility index (Phi) is 6.92. The molecular weight excluding hydrogens is 366 g/mol. The average Bonchev–Trinajstić information content (AvgIpc) is 2.63. The van der Waals surface area contributed by atoms with Crippen molar-refractivity contribution < 1.29 is 17.9 Å². The predicted molar refractivity (Wildman–Crippen MR) is 103 cm³/mol. The molecule has 0 atom stereocenters. The van der Waals surface area contributed by atoms with Crippen LogP contribution in [-0.2, 0) is 21.4 Å². The molecule has 27 heavy (non-hydrogen) atoms. The van der Waals surface area contributed by atoms with E-state index in [2.05, 4.69) is 9.71 Å². The summed E-state index contributed by atoms with van der Waals surface area (Å²) in [6, 6.07) is 8.76. The van der Waals surface area contributed by atoms with Crippen molar-refractivity contribution in [2.75, 3.05) is 20.2 Å². The number of rotatable bonds is 8. The highest BCUT2D eigenvalue weighted by molar-refractivity contribution is 7.89. The molecule has 0 fully saturated rings. The van der Waals surface area contributed by atoms with Crippen LogP contribution in [0, 0.1) is 13.8 Å². The number of carbonyl (C=O) groups excluding carboxylic acids is 1. The molecular formula is C19H25N3O4S. The zero-order valence-electron chi connectivity index (χ0n) is 16.0. The maximum Gasteiger partial charge on any atom is 0.240 e. The number of pyridine rings is 1. The van der Waals surface area contributed by atoms with Crippen molar-refractivity contribution in [2.24, 2.45) is 0 Å². The van der Waals surface area contributed by atoms with E-state index in [9.17, 15) is 13.2 Å². The maximum atomic E-state index is 12.6. The Labute approximate surface area is 160 Å². The fourth-order valence-electron chi connectivity index (χ4n) is 2.70. The molecule has 0 saturated heterocycles. The SMILES string of the molecule is COc1cc(C)c(S(=O)(=O)NCCN(Cc2ccccn2)C(C)=O)cc1C. The lowest BCUT2D eigenvalue weighted by molar-refractivity contribution is -0.129. The number of aromatic nitrogens is 1. The molecule has 2 aromatic rings. The van der Waals surface area contributed by atoms with Crippen LogP contribution in [0.4, 0.5) is 0 Å². The lowest BCUT2D eigenvalue weighted by Gasteiger charge is -2.21. The molecule has 1 heterocycles. The number of carbonyl (C=O) groups is 1. The zero-order valence-corrected chi connectivity index (χ0v) is 16.8. The quantitative estimate of drug-likeness (QED) is 0.744. The first-order chi connectivity index (χ1) is 12.7. The molecule has 2 rings (SSSR count). The fraction of sp³-hybridized carbons (Fsp3) is 0.368. The molecule has 0 unspecified atom stereocenters. The van der Waals surface area contributed by atoms with Gasteiger partial charge in [-0.05, 0) is 49.2 Å². The van der Waals surface area contributed by atoms with Gasteiger partial charge in [0.1, 0.15) is 5.75 Å². The molecule has 0 bridgehead atoms. The summed E-state index contributed by atoms with van der Waals surface area (Å²) in [5.41, 5.74) is 2.09. The monoisotopic (exact) mass is 391 g/mol. The van der Waals surface area contributed by atoms with E-state index in [4.69, 9.17) is 4.74 Å². The Bertz CT molecular complexity index is 899. The van der Waals surface area contributed by atoms with Gasteiger partial charge in [0.15, 0.2) is 0 Å². The Balaban J connectivity index is 2.06. The summed E-state index contributed by atoms with van der Waals surface area (Å²) in [5.74, 6) is 0.501. The molecule has 1 N–H and O–H groups in total. The molecule has 1 aromatic carbocycles. The first-order valence-corrected chi connectivity index (χ1v) is 10.0. The predicted octanol–water partition coefficient (Wildman–Crippen LogP) is 2.03. The largest absolute Gasteiger partial charge is 0.496 e. The molecule has 0 spiro atoms. The van der Waals surface area contributed by atoms with Crippen LogP contribution >= 0.6 is 0 Å². The van der Waals surface area contributed by atoms with Gasteiger partial charge in [-0.2, -0.15) is 0 Å². The van der Waals surface area contributed by atoms with Crippen LogP contribution < -0.4 is 9.46 Å². The maximum absolute atomic E-state index is 12.6. The molecule has 1 amide bonds. The van der Waals surface area contributed by atoms with Crippen LogP contribution in [0.1, 0.15) is 23.7 Å². The fourth-order valence-corrected chi connectivity index (χ4v) is 4.03. The Hall–Kier alpha value is -2.45. The number of aryl methyl sites for hydroxylation is 2. The molecule has 8 heteroatoms. The number of ether oxygens (including phenoxy) is 1. The summed E-state index contributed by atoms with van der Waals surface area (Å²) in [6.45, 7) is 5.66. The number of hydrogen-bond donors (Lipinski definition) is 1. The number of sulfonamides is 1. The smallest absolute Gasteiger partial charge is 0.240 e. The van der Waals surface area contributed by atoms with Gasteiger partial charge in [-0.15, -0.1) is 0 Å². The number of methoxy groups -OCH3 is 1. The summed E-state index contributed by atoms with van der Waals surface area (Å²) in [6.07, 6.45) is 1.66. The third-order valence-corrected chi connectivity index (χ3v) is 5.78. The van der Waals surface area contributed by atoms with Gasteiger partial charge in [-0.25, -0.2) is 13.1 Å². The summed E-state index contributed by atoms with van der Waals surface area (Å²) in [5, 5.41) is 0. The Morgan fingerprint density at radius 3 is 2.56 bits per heavy atom. The van der Waals surface area contributed by atoms with Gasteiger partial charge >= 0.3 is 0 Å². The molecule has 146 valence electrons. The van der Waals surface area contributed by atoms with Crippen molar-refractivity contribution in [3.05, 3.63) is 53.3 Å². The van der Waals surface area contributed by atoms with Gasteiger partial charge in [-0.1, -0.05) is 6.07 Å². The lowest BCUT2D eigenvalue weighted by Crippen LogP contribution is -2.37. The minimum absolute atomic E-state index is 0.110. The molecule has 0 saturated carbocycles. The van der Waals surface area contributed by atoms with E-state index < -0.39 is 10.0 Å². The lowest BCUT2D eigenvalue weighted by atomic mass is 10.1. The zero-order chi connectivity index (χ0) is 20.0. The van der Waals surface area contributed by atoms with Crippen LogP contribution in [0.3, 0.4) is 0 Å². The molecule has 0 radical (unpaired) electrons. The van der Waals surface area contributed by atoms with Crippen molar-refractivity contribution in [1.82, 2.24) is 14.6 Å². The van der Waals surface area contributed by atoms with E-state index in [0.717, 1.165) is 11.3 Å². The van der Waals surface area contributed by atoms with Crippen LogP contribution in [0.15, 0.2) is 41.4 Å². The van der Waals surface area contributed by atoms with E-state index in [1.54, 1.807) is 50.3 Å². The highest BCUT2D eigenvalue weighted by Crippen LogP contribution is 2.25. The van der Waals surface area contributed by atoms with Crippen molar-refractivity contribution in [2.45, 2.75) is 32.2 Å². The first kappa shape index (κ1) is 20.9. The minimum atomic E-state index is -3.69. The van der Waals surface area contributed by atoms with E-state index in [-0.39, 0.29) is 23.9 Å². The van der Waals surface area contributed by atoms with Gasteiger partial charge in [0.2, 0.25) is 15.9 Å². The third-order valence-electron chi connectivity index (χ3n) is 4.18. The van der Waals surface area contributed by atoms with Crippen LogP contribution in [0.2, 0.25) is 0 Å². The second-order valence-corrected chi connectivity index (χ2v) is 7.98. The number of nitrogens with one attached hydrogen (secondary N) is 1. The van der Waals surface area contributed by atoms with Gasteiger partial charge in [-0.3, -0.25) is 9.78 Å². The second kappa shape index (κ2) is 8.96. The highest BCUT2D eigenvalue weighted by atomic mass is 32.2. The summed E-state index contributed by atoms with van der Waals surface area (Å²) in [7, 11) is -2.14. The summed E-state index contributed by atoms with van der Waals surface area (Å²) in [4.78, 5) is 17.8. The summed E-state index contributed by atoms with van der Waals surface area (Å²) >= 11 is 0. The molecule has 0 aliphatic heterocycles. The third kappa shape index (κ3) is 5.51. The number of benzene rings is 1.